The van der Waals surface area contributed by atoms with Gasteiger partial charge < -0.3 is 14.4 Å². The number of piperazine rings is 1. The minimum Gasteiger partial charge on any atom is -0.494 e. The van der Waals surface area contributed by atoms with E-state index in [1.54, 1.807) is 4.90 Å². The second kappa shape index (κ2) is 21.3. The average molecular weight is 704 g/mol. The molecule has 2 aliphatic rings. The van der Waals surface area contributed by atoms with Crippen LogP contribution in [-0.2, 0) is 20.7 Å². The molecule has 0 N–H and O–H groups in total. The van der Waals surface area contributed by atoms with Gasteiger partial charge in [-0.25, -0.2) is 0 Å². The molecule has 0 radical (unpaired) electrons. The number of aryl methyl sites for hydroxylation is 1. The predicted octanol–water partition coefficient (Wildman–Crippen LogP) is 10.1. The van der Waals surface area contributed by atoms with Gasteiger partial charge in [0.25, 0.3) is 0 Å². The third-order valence-corrected chi connectivity index (χ3v) is 11.3. The van der Waals surface area contributed by atoms with Crippen LogP contribution in [0, 0.1) is 0 Å². The van der Waals surface area contributed by atoms with Crippen molar-refractivity contribution in [3.05, 3.63) is 53.4 Å². The van der Waals surface area contributed by atoms with Crippen LogP contribution in [-0.4, -0.2) is 62.8 Å². The topological polar surface area (TPSA) is 62.3 Å². The molecule has 0 atom stereocenters. The van der Waals surface area contributed by atoms with Crippen LogP contribution in [0.15, 0.2) is 47.8 Å². The molecule has 0 aliphatic carbocycles. The summed E-state index contributed by atoms with van der Waals surface area (Å²) in [7, 11) is 0. The number of nitrogens with zero attached hydrogens (tertiary/aromatic N) is 3. The SMILES string of the molecule is CCCCCCCCCCCCCCCC(=O)OCN1C(=O)CCc2ccc(OCCCCN3CCN(c4cccc5sccc45)CC3)cc21. The van der Waals surface area contributed by atoms with Gasteiger partial charge in [-0.15, -0.1) is 11.3 Å². The first kappa shape index (κ1) is 38.1. The van der Waals surface area contributed by atoms with Crippen LogP contribution in [0.1, 0.15) is 122 Å². The minimum absolute atomic E-state index is 0.00416. The zero-order chi connectivity index (χ0) is 34.8. The number of rotatable bonds is 23. The Morgan fingerprint density at radius 2 is 1.48 bits per heavy atom. The summed E-state index contributed by atoms with van der Waals surface area (Å²) in [4.78, 5) is 32.1. The fraction of sp³-hybridized carbons (Fsp3) is 0.619. The van der Waals surface area contributed by atoms with Crippen molar-refractivity contribution < 1.29 is 19.1 Å². The molecule has 0 spiro atoms. The quantitative estimate of drug-likeness (QED) is 0.0724. The maximum Gasteiger partial charge on any atom is 0.307 e. The van der Waals surface area contributed by atoms with Gasteiger partial charge in [-0.1, -0.05) is 96.1 Å². The van der Waals surface area contributed by atoms with E-state index >= 15 is 0 Å². The lowest BCUT2D eigenvalue weighted by Crippen LogP contribution is -2.46. The van der Waals surface area contributed by atoms with E-state index in [1.165, 1.54) is 86.4 Å². The van der Waals surface area contributed by atoms with Gasteiger partial charge in [-0.05, 0) is 67.4 Å². The van der Waals surface area contributed by atoms with Gasteiger partial charge in [0.05, 0.1) is 12.3 Å². The summed E-state index contributed by atoms with van der Waals surface area (Å²) >= 11 is 1.81. The van der Waals surface area contributed by atoms with E-state index in [2.05, 4.69) is 52.4 Å². The van der Waals surface area contributed by atoms with E-state index in [9.17, 15) is 9.59 Å². The molecular weight excluding hydrogens is 643 g/mol. The summed E-state index contributed by atoms with van der Waals surface area (Å²) < 4.78 is 13.1. The third kappa shape index (κ3) is 12.0. The van der Waals surface area contributed by atoms with Gasteiger partial charge >= 0.3 is 5.97 Å². The maximum atomic E-state index is 12.8. The number of unbranched alkanes of at least 4 members (excludes halogenated alkanes) is 13. The number of fused-ring (bicyclic) bond motifs is 2. The molecule has 50 heavy (non-hydrogen) atoms. The molecule has 274 valence electrons. The standard InChI is InChI=1S/C42H61N3O4S/c1-2-3-4-5-6-7-8-9-10-11-12-13-14-20-42(47)49-34-45-39-33-36(23-21-35(39)22-24-41(45)46)48-31-16-15-26-43-27-29-44(30-28-43)38-18-17-19-40-37(38)25-32-50-40/h17-19,21,23,25,32-33H,2-16,20,22,24,26-31,34H2,1H3. The number of hydrogen-bond donors (Lipinski definition) is 0. The number of thiophene rings is 1. The summed E-state index contributed by atoms with van der Waals surface area (Å²) in [5, 5.41) is 3.56. The Hall–Kier alpha value is -3.10. The van der Waals surface area contributed by atoms with E-state index < -0.39 is 0 Å². The molecule has 3 heterocycles. The third-order valence-electron chi connectivity index (χ3n) is 10.4. The Kier molecular flexibility index (Phi) is 16.3. The Labute approximate surface area is 305 Å². The van der Waals surface area contributed by atoms with Gasteiger partial charge in [0.2, 0.25) is 5.91 Å². The second-order valence-electron chi connectivity index (χ2n) is 14.2. The number of esters is 1. The molecule has 1 amide bonds. The lowest BCUT2D eigenvalue weighted by molar-refractivity contribution is -0.144. The highest BCUT2D eigenvalue weighted by atomic mass is 32.1. The molecule has 8 heteroatoms. The van der Waals surface area contributed by atoms with Crippen molar-refractivity contribution in [3.8, 4) is 5.75 Å². The predicted molar refractivity (Wildman–Crippen MR) is 209 cm³/mol. The summed E-state index contributed by atoms with van der Waals surface area (Å²) in [5.41, 5.74) is 3.27. The molecule has 0 unspecified atom stereocenters. The monoisotopic (exact) mass is 703 g/mol. The molecule has 1 saturated heterocycles. The Balaban J connectivity index is 0.929. The van der Waals surface area contributed by atoms with E-state index in [-0.39, 0.29) is 18.6 Å². The average Bonchev–Trinajstić information content (AvgIpc) is 3.63. The first-order valence-electron chi connectivity index (χ1n) is 19.8. The number of benzene rings is 2. The summed E-state index contributed by atoms with van der Waals surface area (Å²) in [6, 6.07) is 14.9. The minimum atomic E-state index is -0.221. The molecule has 0 bridgehead atoms. The van der Waals surface area contributed by atoms with Crippen molar-refractivity contribution in [2.24, 2.45) is 0 Å². The van der Waals surface area contributed by atoms with Crippen LogP contribution in [0.3, 0.4) is 0 Å². The first-order valence-corrected chi connectivity index (χ1v) is 20.7. The van der Waals surface area contributed by atoms with E-state index in [1.807, 2.05) is 23.5 Å². The van der Waals surface area contributed by atoms with Crippen molar-refractivity contribution in [2.45, 2.75) is 122 Å². The summed E-state index contributed by atoms with van der Waals surface area (Å²) in [5.74, 6) is 0.537. The number of hydrogen-bond acceptors (Lipinski definition) is 7. The highest BCUT2D eigenvalue weighted by Crippen LogP contribution is 2.33. The Morgan fingerprint density at radius 3 is 2.22 bits per heavy atom. The fourth-order valence-corrected chi connectivity index (χ4v) is 8.15. The largest absolute Gasteiger partial charge is 0.494 e. The lowest BCUT2D eigenvalue weighted by Gasteiger charge is -2.36. The van der Waals surface area contributed by atoms with Crippen molar-refractivity contribution in [1.29, 1.82) is 0 Å². The smallest absolute Gasteiger partial charge is 0.307 e. The van der Waals surface area contributed by atoms with E-state index in [0.717, 1.165) is 75.4 Å². The molecule has 2 aliphatic heterocycles. The van der Waals surface area contributed by atoms with Crippen molar-refractivity contribution >= 4 is 44.7 Å². The van der Waals surface area contributed by atoms with Gasteiger partial charge in [0, 0.05) is 60.9 Å². The lowest BCUT2D eigenvalue weighted by atomic mass is 10.0. The number of ether oxygens (including phenoxy) is 2. The second-order valence-corrected chi connectivity index (χ2v) is 15.2. The molecule has 2 aromatic carbocycles. The van der Waals surface area contributed by atoms with Gasteiger partial charge in [-0.2, -0.15) is 0 Å². The first-order chi connectivity index (χ1) is 24.6. The normalized spacial score (nSPS) is 15.1. The number of carbonyl (C=O) groups excluding carboxylic acids is 2. The maximum absolute atomic E-state index is 12.8. The van der Waals surface area contributed by atoms with Crippen LogP contribution in [0.5, 0.6) is 5.75 Å². The van der Waals surface area contributed by atoms with Gasteiger partial charge in [0.15, 0.2) is 6.73 Å². The van der Waals surface area contributed by atoms with E-state index in [4.69, 9.17) is 9.47 Å². The number of carbonyl (C=O) groups is 2. The molecule has 5 rings (SSSR count). The van der Waals surface area contributed by atoms with Crippen LogP contribution in [0.25, 0.3) is 10.1 Å². The van der Waals surface area contributed by atoms with Crippen LogP contribution in [0.2, 0.25) is 0 Å². The van der Waals surface area contributed by atoms with Gasteiger partial charge in [-0.3, -0.25) is 19.4 Å². The molecule has 7 nitrogen and oxygen atoms in total. The molecule has 3 aromatic rings. The van der Waals surface area contributed by atoms with Crippen LogP contribution < -0.4 is 14.5 Å². The molecule has 1 aromatic heterocycles. The zero-order valence-electron chi connectivity index (χ0n) is 30.7. The van der Waals surface area contributed by atoms with Crippen molar-refractivity contribution in [3.63, 3.8) is 0 Å². The van der Waals surface area contributed by atoms with Crippen LogP contribution >= 0.6 is 11.3 Å². The zero-order valence-corrected chi connectivity index (χ0v) is 31.5. The number of amides is 1. The van der Waals surface area contributed by atoms with Gasteiger partial charge in [0.1, 0.15) is 5.75 Å². The van der Waals surface area contributed by atoms with Crippen LogP contribution in [0.4, 0.5) is 11.4 Å². The summed E-state index contributed by atoms with van der Waals surface area (Å²) in [6.07, 6.45) is 20.2. The molecule has 1 fully saturated rings. The molecule has 0 saturated carbocycles. The fourth-order valence-electron chi connectivity index (χ4n) is 7.34. The van der Waals surface area contributed by atoms with Crippen molar-refractivity contribution in [2.75, 3.05) is 55.9 Å². The Morgan fingerprint density at radius 1 is 0.760 bits per heavy atom. The molecular formula is C42H61N3O4S. The highest BCUT2D eigenvalue weighted by molar-refractivity contribution is 7.17. The summed E-state index contributed by atoms with van der Waals surface area (Å²) in [6.45, 7) is 8.25. The highest BCUT2D eigenvalue weighted by Gasteiger charge is 2.26. The number of anilines is 2. The Bertz CT molecular complexity index is 1450. The van der Waals surface area contributed by atoms with Crippen molar-refractivity contribution in [1.82, 2.24) is 4.90 Å². The van der Waals surface area contributed by atoms with E-state index in [0.29, 0.717) is 25.9 Å².